The van der Waals surface area contributed by atoms with E-state index in [-0.39, 0.29) is 11.5 Å². The smallest absolute Gasteiger partial charge is 0.269 e. The van der Waals surface area contributed by atoms with Crippen molar-refractivity contribution >= 4 is 22.6 Å². The van der Waals surface area contributed by atoms with Crippen LogP contribution in [0.25, 0.3) is 22.4 Å². The van der Waals surface area contributed by atoms with E-state index in [1.807, 2.05) is 48.5 Å². The van der Waals surface area contributed by atoms with Crippen molar-refractivity contribution in [1.29, 1.82) is 0 Å². The number of carbonyl (C=O) groups excluding carboxylic acids is 1. The number of fused-ring (bicyclic) bond motifs is 1. The zero-order chi connectivity index (χ0) is 22.1. The number of nitrogens with one attached hydrogen (secondary N) is 1. The Morgan fingerprint density at radius 3 is 2.19 bits per heavy atom. The lowest BCUT2D eigenvalue weighted by Gasteiger charge is -2.11. The number of para-hydroxylation sites is 1. The first-order valence-corrected chi connectivity index (χ1v) is 10.1. The molecule has 156 valence electrons. The summed E-state index contributed by atoms with van der Waals surface area (Å²) in [5.74, 6) is 0.351. The van der Waals surface area contributed by atoms with E-state index < -0.39 is 0 Å². The lowest BCUT2D eigenvalue weighted by molar-refractivity contribution is 0.102. The van der Waals surface area contributed by atoms with Crippen LogP contribution in [0.4, 0.5) is 5.69 Å². The molecule has 7 heteroatoms. The van der Waals surface area contributed by atoms with Crippen molar-refractivity contribution in [2.75, 3.05) is 5.32 Å². The highest BCUT2D eigenvalue weighted by molar-refractivity contribution is 6.04. The van der Waals surface area contributed by atoms with Crippen LogP contribution in [0.3, 0.4) is 0 Å². The van der Waals surface area contributed by atoms with Crippen LogP contribution in [-0.2, 0) is 0 Å². The van der Waals surface area contributed by atoms with Gasteiger partial charge in [-0.15, -0.1) is 0 Å². The average molecular weight is 421 g/mol. The van der Waals surface area contributed by atoms with E-state index in [9.17, 15) is 9.59 Å². The van der Waals surface area contributed by atoms with Crippen LogP contribution in [-0.4, -0.2) is 25.2 Å². The number of benzene rings is 3. The van der Waals surface area contributed by atoms with Gasteiger partial charge in [-0.2, -0.15) is 5.10 Å². The molecule has 0 aliphatic carbocycles. The summed E-state index contributed by atoms with van der Waals surface area (Å²) in [5, 5.41) is 7.66. The lowest BCUT2D eigenvalue weighted by Crippen LogP contribution is -2.22. The molecule has 1 amide bonds. The SMILES string of the molecule is Cc1nc2c(cnn2-c2ccccc2)c(=O)n1-c1ccc(NC(=O)c2ccccc2)cc1. The van der Waals surface area contributed by atoms with Gasteiger partial charge in [0.2, 0.25) is 0 Å². The second-order valence-electron chi connectivity index (χ2n) is 7.30. The normalized spacial score (nSPS) is 10.9. The van der Waals surface area contributed by atoms with Crippen molar-refractivity contribution in [3.63, 3.8) is 0 Å². The van der Waals surface area contributed by atoms with Gasteiger partial charge in [-0.3, -0.25) is 14.2 Å². The number of amides is 1. The molecule has 3 aromatic carbocycles. The zero-order valence-corrected chi connectivity index (χ0v) is 17.3. The number of nitrogens with zero attached hydrogens (tertiary/aromatic N) is 4. The summed E-state index contributed by atoms with van der Waals surface area (Å²) in [4.78, 5) is 30.3. The summed E-state index contributed by atoms with van der Waals surface area (Å²) in [6.07, 6.45) is 1.54. The first kappa shape index (κ1) is 19.4. The molecule has 2 aromatic heterocycles. The molecule has 0 saturated carbocycles. The first-order chi connectivity index (χ1) is 15.6. The Morgan fingerprint density at radius 2 is 1.50 bits per heavy atom. The van der Waals surface area contributed by atoms with Crippen molar-refractivity contribution in [2.24, 2.45) is 0 Å². The van der Waals surface area contributed by atoms with Gasteiger partial charge in [-0.25, -0.2) is 9.67 Å². The third-order valence-electron chi connectivity index (χ3n) is 5.19. The quantitative estimate of drug-likeness (QED) is 0.473. The van der Waals surface area contributed by atoms with Gasteiger partial charge in [0.05, 0.1) is 17.6 Å². The Balaban J connectivity index is 1.48. The monoisotopic (exact) mass is 421 g/mol. The molecule has 32 heavy (non-hydrogen) atoms. The molecule has 0 spiro atoms. The molecule has 0 aliphatic heterocycles. The predicted octanol–water partition coefficient (Wildman–Crippen LogP) is 4.13. The highest BCUT2D eigenvalue weighted by Crippen LogP contribution is 2.18. The summed E-state index contributed by atoms with van der Waals surface area (Å²) < 4.78 is 3.21. The minimum Gasteiger partial charge on any atom is -0.322 e. The number of hydrogen-bond donors (Lipinski definition) is 1. The zero-order valence-electron chi connectivity index (χ0n) is 17.3. The molecule has 1 N–H and O–H groups in total. The van der Waals surface area contributed by atoms with E-state index in [0.717, 1.165) is 5.69 Å². The Labute approximate surface area is 183 Å². The average Bonchev–Trinajstić information content (AvgIpc) is 3.25. The molecule has 0 radical (unpaired) electrons. The van der Waals surface area contributed by atoms with E-state index in [4.69, 9.17) is 0 Å². The molecule has 2 heterocycles. The van der Waals surface area contributed by atoms with Gasteiger partial charge < -0.3 is 5.32 Å². The van der Waals surface area contributed by atoms with E-state index in [2.05, 4.69) is 15.4 Å². The van der Waals surface area contributed by atoms with Crippen molar-refractivity contribution < 1.29 is 4.79 Å². The highest BCUT2D eigenvalue weighted by atomic mass is 16.1. The van der Waals surface area contributed by atoms with E-state index in [1.165, 1.54) is 0 Å². The number of aromatic nitrogens is 4. The summed E-state index contributed by atoms with van der Waals surface area (Å²) >= 11 is 0. The van der Waals surface area contributed by atoms with Crippen LogP contribution in [0, 0.1) is 6.92 Å². The summed E-state index contributed by atoms with van der Waals surface area (Å²) in [5.41, 5.74) is 3.03. The van der Waals surface area contributed by atoms with Crippen molar-refractivity contribution in [1.82, 2.24) is 19.3 Å². The minimum atomic E-state index is -0.198. The van der Waals surface area contributed by atoms with Crippen LogP contribution >= 0.6 is 0 Å². The summed E-state index contributed by atoms with van der Waals surface area (Å²) in [7, 11) is 0. The number of hydrogen-bond acceptors (Lipinski definition) is 4. The van der Waals surface area contributed by atoms with Gasteiger partial charge in [0, 0.05) is 11.3 Å². The molecule has 0 bridgehead atoms. The van der Waals surface area contributed by atoms with Crippen LogP contribution < -0.4 is 10.9 Å². The van der Waals surface area contributed by atoms with E-state index in [1.54, 1.807) is 58.8 Å². The van der Waals surface area contributed by atoms with Gasteiger partial charge in [-0.1, -0.05) is 36.4 Å². The Kier molecular flexibility index (Phi) is 4.84. The fourth-order valence-electron chi connectivity index (χ4n) is 3.62. The summed E-state index contributed by atoms with van der Waals surface area (Å²) in [6, 6.07) is 25.7. The maximum absolute atomic E-state index is 13.2. The number of carbonyl (C=O) groups is 1. The molecule has 0 saturated heterocycles. The van der Waals surface area contributed by atoms with Gasteiger partial charge in [0.1, 0.15) is 11.2 Å². The van der Waals surface area contributed by atoms with E-state index in [0.29, 0.717) is 33.8 Å². The molecule has 7 nitrogen and oxygen atoms in total. The molecule has 5 rings (SSSR count). The molecule has 0 unspecified atom stereocenters. The standard InChI is InChI=1S/C25H19N5O2/c1-17-27-23-22(16-26-30(23)21-10-6-3-7-11-21)25(32)29(17)20-14-12-19(13-15-20)28-24(31)18-8-4-2-5-9-18/h2-16H,1H3,(H,28,31). The van der Waals surface area contributed by atoms with E-state index >= 15 is 0 Å². The predicted molar refractivity (Wildman–Crippen MR) is 124 cm³/mol. The third-order valence-corrected chi connectivity index (χ3v) is 5.19. The molecule has 5 aromatic rings. The summed E-state index contributed by atoms with van der Waals surface area (Å²) in [6.45, 7) is 1.79. The molecule has 0 atom stereocenters. The third kappa shape index (κ3) is 3.45. The van der Waals surface area contributed by atoms with Crippen molar-refractivity contribution in [3.8, 4) is 11.4 Å². The van der Waals surface area contributed by atoms with Gasteiger partial charge in [0.15, 0.2) is 5.65 Å². The van der Waals surface area contributed by atoms with Gasteiger partial charge in [0.25, 0.3) is 11.5 Å². The lowest BCUT2D eigenvalue weighted by atomic mass is 10.2. The Hall–Kier alpha value is -4.52. The number of aryl methyl sites for hydroxylation is 1. The van der Waals surface area contributed by atoms with Gasteiger partial charge >= 0.3 is 0 Å². The minimum absolute atomic E-state index is 0.192. The number of rotatable bonds is 4. The maximum atomic E-state index is 13.2. The fraction of sp³-hybridized carbons (Fsp3) is 0.0400. The number of anilines is 1. The second-order valence-corrected chi connectivity index (χ2v) is 7.30. The van der Waals surface area contributed by atoms with Crippen LogP contribution in [0.2, 0.25) is 0 Å². The Bertz CT molecular complexity index is 1470. The molecular weight excluding hydrogens is 402 g/mol. The molecule has 0 fully saturated rings. The second kappa shape index (κ2) is 7.96. The van der Waals surface area contributed by atoms with Gasteiger partial charge in [-0.05, 0) is 55.5 Å². The molecular formula is C25H19N5O2. The van der Waals surface area contributed by atoms with Crippen molar-refractivity contribution in [2.45, 2.75) is 6.92 Å². The van der Waals surface area contributed by atoms with Crippen LogP contribution in [0.1, 0.15) is 16.2 Å². The van der Waals surface area contributed by atoms with Crippen LogP contribution in [0.15, 0.2) is 95.9 Å². The maximum Gasteiger partial charge on any atom is 0.269 e. The first-order valence-electron chi connectivity index (χ1n) is 10.1. The fourth-order valence-corrected chi connectivity index (χ4v) is 3.62. The van der Waals surface area contributed by atoms with Crippen molar-refractivity contribution in [3.05, 3.63) is 113 Å². The topological polar surface area (TPSA) is 81.8 Å². The Morgan fingerprint density at radius 1 is 0.844 bits per heavy atom. The highest BCUT2D eigenvalue weighted by Gasteiger charge is 2.15. The molecule has 0 aliphatic rings. The largest absolute Gasteiger partial charge is 0.322 e. The van der Waals surface area contributed by atoms with Crippen LogP contribution in [0.5, 0.6) is 0 Å².